The van der Waals surface area contributed by atoms with Crippen LogP contribution in [-0.4, -0.2) is 9.97 Å². The van der Waals surface area contributed by atoms with E-state index in [0.717, 1.165) is 44.8 Å². The van der Waals surface area contributed by atoms with Crippen LogP contribution in [0.25, 0.3) is 111 Å². The molecule has 0 atom stereocenters. The van der Waals surface area contributed by atoms with Crippen LogP contribution >= 0.6 is 0 Å². The molecule has 63 heavy (non-hydrogen) atoms. The summed E-state index contributed by atoms with van der Waals surface area (Å²) in [5.41, 5.74) is 17.3. The van der Waals surface area contributed by atoms with E-state index < -0.39 is 0 Å². The van der Waals surface area contributed by atoms with E-state index in [0.29, 0.717) is 5.82 Å². The lowest BCUT2D eigenvalue weighted by Gasteiger charge is -2.21. The van der Waals surface area contributed by atoms with Gasteiger partial charge in [0.25, 0.3) is 0 Å². The van der Waals surface area contributed by atoms with Crippen molar-refractivity contribution in [3.63, 3.8) is 0 Å². The minimum atomic E-state index is -0.0341. The summed E-state index contributed by atoms with van der Waals surface area (Å²) in [6, 6.07) is 79.2. The van der Waals surface area contributed by atoms with Gasteiger partial charge in [-0.1, -0.05) is 202 Å². The fourth-order valence-electron chi connectivity index (χ4n) is 10.0. The lowest BCUT2D eigenvalue weighted by molar-refractivity contribution is 0.660. The van der Waals surface area contributed by atoms with Crippen LogP contribution in [0, 0.1) is 0 Å². The summed E-state index contributed by atoms with van der Waals surface area (Å²) in [4.78, 5) is 10.7. The molecule has 0 unspecified atom stereocenters. The quantitative estimate of drug-likeness (QED) is 0.124. The third-order valence-electron chi connectivity index (χ3n) is 13.3. The largest absolute Gasteiger partial charge is 0.228 e. The summed E-state index contributed by atoms with van der Waals surface area (Å²) in [6.45, 7) is 4.66. The van der Waals surface area contributed by atoms with Gasteiger partial charge in [-0.25, -0.2) is 9.97 Å². The van der Waals surface area contributed by atoms with Gasteiger partial charge in [-0.05, 0) is 118 Å². The summed E-state index contributed by atoms with van der Waals surface area (Å²) in [5.74, 6) is 0.690. The van der Waals surface area contributed by atoms with Crippen LogP contribution in [0.1, 0.15) is 25.0 Å². The summed E-state index contributed by atoms with van der Waals surface area (Å²) < 4.78 is 0. The lowest BCUT2D eigenvalue weighted by atomic mass is 9.82. The average molecular weight is 803 g/mol. The van der Waals surface area contributed by atoms with Gasteiger partial charge in [0, 0.05) is 22.1 Å². The predicted octanol–water partition coefficient (Wildman–Crippen LogP) is 16.2. The first-order valence-corrected chi connectivity index (χ1v) is 21.8. The molecule has 0 radical (unpaired) electrons. The number of hydrogen-bond donors (Lipinski definition) is 0. The SMILES string of the molecule is CC1(C)c2ccccc2-c2cc(-c3cccc(-c4cc(-c5cccc(-c6ccccc6)c5)nc(-c5ccc(-c6c7ccccc7cc7c6ccc6ccccc67)cc5)n4)c3)ccc21. The minimum absolute atomic E-state index is 0.0341. The van der Waals surface area contributed by atoms with Crippen LogP contribution in [0.15, 0.2) is 218 Å². The Morgan fingerprint density at radius 2 is 0.857 bits per heavy atom. The number of rotatable bonds is 6. The smallest absolute Gasteiger partial charge is 0.160 e. The number of fused-ring (bicyclic) bond motifs is 7. The van der Waals surface area contributed by atoms with Crippen molar-refractivity contribution in [3.05, 3.63) is 230 Å². The Morgan fingerprint density at radius 3 is 1.62 bits per heavy atom. The molecule has 0 saturated carbocycles. The Kier molecular flexibility index (Phi) is 8.55. The minimum Gasteiger partial charge on any atom is -0.228 e. The number of hydrogen-bond acceptors (Lipinski definition) is 2. The molecule has 2 nitrogen and oxygen atoms in total. The van der Waals surface area contributed by atoms with Gasteiger partial charge in [0.05, 0.1) is 11.4 Å². The molecule has 0 saturated heterocycles. The molecular formula is C61H42N2. The summed E-state index contributed by atoms with van der Waals surface area (Å²) in [6.07, 6.45) is 0. The Hall–Kier alpha value is -7.94. The number of benzene rings is 10. The van der Waals surface area contributed by atoms with Crippen LogP contribution in [0.3, 0.4) is 0 Å². The van der Waals surface area contributed by atoms with E-state index in [9.17, 15) is 0 Å². The second-order valence-corrected chi connectivity index (χ2v) is 17.4. The fraction of sp³-hybridized carbons (Fsp3) is 0.0492. The summed E-state index contributed by atoms with van der Waals surface area (Å²) >= 11 is 0. The molecule has 2 heteroatoms. The van der Waals surface area contributed by atoms with E-state index in [-0.39, 0.29) is 5.41 Å². The maximum Gasteiger partial charge on any atom is 0.160 e. The molecular weight excluding hydrogens is 761 g/mol. The van der Waals surface area contributed by atoms with Gasteiger partial charge in [-0.3, -0.25) is 0 Å². The maximum atomic E-state index is 5.35. The molecule has 296 valence electrons. The van der Waals surface area contributed by atoms with Crippen molar-refractivity contribution in [2.24, 2.45) is 0 Å². The molecule has 0 bridgehead atoms. The zero-order valence-electron chi connectivity index (χ0n) is 35.2. The van der Waals surface area contributed by atoms with E-state index in [1.165, 1.54) is 71.3 Å². The standard InChI is InChI=1S/C61H42N2/c1-61(2)55-25-11-10-24-51(55)54-36-45(31-33-56(54)61)44-19-13-21-48(35-44)58-38-57(47-20-12-18-43(34-47)39-14-4-3-5-15-39)62-60(63-58)42-28-26-41(27-29-42)59-50-23-9-7-17-46(50)37-53-49-22-8-6-16-40(49)30-32-52(53)59/h3-38H,1-2H3. The van der Waals surface area contributed by atoms with E-state index in [1.54, 1.807) is 0 Å². The maximum absolute atomic E-state index is 5.35. The van der Waals surface area contributed by atoms with Gasteiger partial charge in [0.1, 0.15) is 0 Å². The predicted molar refractivity (Wildman–Crippen MR) is 265 cm³/mol. The summed E-state index contributed by atoms with van der Waals surface area (Å²) in [5, 5.41) is 7.49. The Morgan fingerprint density at radius 1 is 0.302 bits per heavy atom. The van der Waals surface area contributed by atoms with Crippen molar-refractivity contribution in [2.75, 3.05) is 0 Å². The number of nitrogens with zero attached hydrogens (tertiary/aromatic N) is 2. The lowest BCUT2D eigenvalue weighted by Crippen LogP contribution is -2.14. The van der Waals surface area contributed by atoms with Crippen LogP contribution in [0.2, 0.25) is 0 Å². The first kappa shape index (κ1) is 36.9. The van der Waals surface area contributed by atoms with Crippen LogP contribution in [0.4, 0.5) is 0 Å². The number of aromatic nitrogens is 2. The van der Waals surface area contributed by atoms with Crippen LogP contribution in [0.5, 0.6) is 0 Å². The average Bonchev–Trinajstić information content (AvgIpc) is 3.58. The summed E-state index contributed by atoms with van der Waals surface area (Å²) in [7, 11) is 0. The Labute approximate surface area is 367 Å². The molecule has 1 aliphatic carbocycles. The van der Waals surface area contributed by atoms with Crippen molar-refractivity contribution in [2.45, 2.75) is 19.3 Å². The van der Waals surface area contributed by atoms with Crippen molar-refractivity contribution in [1.29, 1.82) is 0 Å². The first-order chi connectivity index (χ1) is 31.0. The highest BCUT2D eigenvalue weighted by atomic mass is 14.9. The zero-order valence-corrected chi connectivity index (χ0v) is 35.2. The Bertz CT molecular complexity index is 3580. The third-order valence-corrected chi connectivity index (χ3v) is 13.3. The second kappa shape index (κ2) is 14.6. The zero-order chi connectivity index (χ0) is 42.1. The van der Waals surface area contributed by atoms with Gasteiger partial charge in [-0.2, -0.15) is 0 Å². The molecule has 12 rings (SSSR count). The molecule has 10 aromatic carbocycles. The van der Waals surface area contributed by atoms with Gasteiger partial charge >= 0.3 is 0 Å². The van der Waals surface area contributed by atoms with E-state index in [1.807, 2.05) is 0 Å². The van der Waals surface area contributed by atoms with Crippen molar-refractivity contribution in [3.8, 4) is 78.4 Å². The van der Waals surface area contributed by atoms with Crippen molar-refractivity contribution >= 4 is 32.3 Å². The molecule has 0 N–H and O–H groups in total. The molecule has 0 amide bonds. The fourth-order valence-corrected chi connectivity index (χ4v) is 10.0. The van der Waals surface area contributed by atoms with Crippen LogP contribution < -0.4 is 0 Å². The molecule has 0 fully saturated rings. The van der Waals surface area contributed by atoms with Gasteiger partial charge in [0.2, 0.25) is 0 Å². The highest BCUT2D eigenvalue weighted by Crippen LogP contribution is 2.49. The molecule has 0 spiro atoms. The third kappa shape index (κ3) is 6.25. The van der Waals surface area contributed by atoms with Crippen molar-refractivity contribution in [1.82, 2.24) is 9.97 Å². The van der Waals surface area contributed by atoms with E-state index in [4.69, 9.17) is 9.97 Å². The highest BCUT2D eigenvalue weighted by molar-refractivity contribution is 6.20. The highest BCUT2D eigenvalue weighted by Gasteiger charge is 2.35. The molecule has 1 aliphatic rings. The molecule has 11 aromatic rings. The molecule has 0 aliphatic heterocycles. The first-order valence-electron chi connectivity index (χ1n) is 21.8. The second-order valence-electron chi connectivity index (χ2n) is 17.4. The molecule has 1 heterocycles. The van der Waals surface area contributed by atoms with E-state index in [2.05, 4.69) is 232 Å². The van der Waals surface area contributed by atoms with E-state index >= 15 is 0 Å². The monoisotopic (exact) mass is 802 g/mol. The Balaban J connectivity index is 0.988. The normalized spacial score (nSPS) is 12.7. The topological polar surface area (TPSA) is 25.8 Å². The van der Waals surface area contributed by atoms with Crippen LogP contribution in [-0.2, 0) is 5.41 Å². The molecule has 1 aromatic heterocycles. The van der Waals surface area contributed by atoms with Gasteiger partial charge < -0.3 is 0 Å². The van der Waals surface area contributed by atoms with Crippen molar-refractivity contribution < 1.29 is 0 Å². The van der Waals surface area contributed by atoms with Gasteiger partial charge in [0.15, 0.2) is 5.82 Å². The van der Waals surface area contributed by atoms with Gasteiger partial charge in [-0.15, -0.1) is 0 Å².